The van der Waals surface area contributed by atoms with Gasteiger partial charge in [0.25, 0.3) is 0 Å². The molecule has 0 heterocycles. The van der Waals surface area contributed by atoms with Crippen LogP contribution in [0, 0.1) is 5.82 Å². The van der Waals surface area contributed by atoms with E-state index in [9.17, 15) is 4.39 Å². The van der Waals surface area contributed by atoms with Crippen molar-refractivity contribution in [3.05, 3.63) is 58.9 Å². The summed E-state index contributed by atoms with van der Waals surface area (Å²) in [6.45, 7) is 0.755. The van der Waals surface area contributed by atoms with Gasteiger partial charge in [-0.15, -0.1) is 0 Å². The van der Waals surface area contributed by atoms with Gasteiger partial charge in [-0.25, -0.2) is 4.39 Å². The third-order valence-electron chi connectivity index (χ3n) is 3.39. The van der Waals surface area contributed by atoms with E-state index in [1.807, 2.05) is 30.3 Å². The molecule has 0 amide bonds. The van der Waals surface area contributed by atoms with Crippen LogP contribution in [0.2, 0.25) is 5.02 Å². The van der Waals surface area contributed by atoms with E-state index in [1.165, 1.54) is 18.9 Å². The van der Waals surface area contributed by atoms with Crippen molar-refractivity contribution in [1.82, 2.24) is 5.32 Å². The largest absolute Gasteiger partial charge is 0.310 e. The summed E-state index contributed by atoms with van der Waals surface area (Å²) < 4.78 is 13.5. The van der Waals surface area contributed by atoms with Gasteiger partial charge in [0.05, 0.1) is 0 Å². The van der Waals surface area contributed by atoms with Gasteiger partial charge < -0.3 is 5.32 Å². The minimum Gasteiger partial charge on any atom is -0.310 e. The molecule has 1 nitrogen and oxygen atoms in total. The third-order valence-corrected chi connectivity index (χ3v) is 3.72. The lowest BCUT2D eigenvalue weighted by Gasteiger charge is -2.12. The topological polar surface area (TPSA) is 12.0 Å². The summed E-state index contributed by atoms with van der Waals surface area (Å²) in [6.07, 6.45) is 2.48. The van der Waals surface area contributed by atoms with E-state index >= 15 is 0 Å². The molecule has 0 saturated heterocycles. The molecule has 0 aliphatic heterocycles. The van der Waals surface area contributed by atoms with Gasteiger partial charge in [-0.05, 0) is 42.2 Å². The van der Waals surface area contributed by atoms with Crippen LogP contribution in [0.3, 0.4) is 0 Å². The molecule has 1 fully saturated rings. The Morgan fingerprint density at radius 3 is 2.63 bits per heavy atom. The van der Waals surface area contributed by atoms with E-state index in [0.29, 0.717) is 11.1 Å². The van der Waals surface area contributed by atoms with E-state index in [1.54, 1.807) is 6.07 Å². The highest BCUT2D eigenvalue weighted by Gasteiger charge is 2.20. The van der Waals surface area contributed by atoms with Crippen molar-refractivity contribution in [2.24, 2.45) is 0 Å². The van der Waals surface area contributed by atoms with Crippen LogP contribution in [0.1, 0.15) is 18.4 Å². The maximum atomic E-state index is 13.5. The fraction of sp³-hybridized carbons (Fsp3) is 0.250. The molecule has 0 bridgehead atoms. The Hall–Kier alpha value is -1.38. The number of halogens is 2. The molecule has 98 valence electrons. The predicted molar refractivity (Wildman–Crippen MR) is 76.7 cm³/mol. The average molecular weight is 276 g/mol. The molecule has 1 N–H and O–H groups in total. The fourth-order valence-corrected chi connectivity index (χ4v) is 2.41. The molecule has 1 aliphatic rings. The zero-order chi connectivity index (χ0) is 13.2. The van der Waals surface area contributed by atoms with Crippen molar-refractivity contribution >= 4 is 11.6 Å². The van der Waals surface area contributed by atoms with E-state index in [0.717, 1.165) is 23.2 Å². The van der Waals surface area contributed by atoms with Crippen molar-refractivity contribution in [2.45, 2.75) is 25.4 Å². The first-order chi connectivity index (χ1) is 9.24. The molecule has 3 rings (SSSR count). The number of hydrogen-bond acceptors (Lipinski definition) is 1. The molecular weight excluding hydrogens is 261 g/mol. The Balaban J connectivity index is 1.97. The van der Waals surface area contributed by atoms with Crippen LogP contribution < -0.4 is 5.32 Å². The van der Waals surface area contributed by atoms with Crippen LogP contribution >= 0.6 is 11.6 Å². The summed E-state index contributed by atoms with van der Waals surface area (Å²) in [5.74, 6) is -0.231. The van der Waals surface area contributed by atoms with Crippen LogP contribution in [0.25, 0.3) is 11.1 Å². The highest BCUT2D eigenvalue weighted by atomic mass is 35.5. The van der Waals surface area contributed by atoms with E-state index in [2.05, 4.69) is 5.32 Å². The highest BCUT2D eigenvalue weighted by Crippen LogP contribution is 2.31. The van der Waals surface area contributed by atoms with Crippen LogP contribution in [0.4, 0.5) is 4.39 Å². The first kappa shape index (κ1) is 12.6. The molecule has 3 heteroatoms. The van der Waals surface area contributed by atoms with Gasteiger partial charge in [0.1, 0.15) is 5.82 Å². The smallest absolute Gasteiger partial charge is 0.123 e. The maximum Gasteiger partial charge on any atom is 0.123 e. The van der Waals surface area contributed by atoms with Gasteiger partial charge in [0, 0.05) is 23.2 Å². The molecule has 0 aromatic heterocycles. The fourth-order valence-electron chi connectivity index (χ4n) is 2.17. The Morgan fingerprint density at radius 1 is 1.11 bits per heavy atom. The molecular formula is C16H15ClFN. The molecule has 2 aromatic carbocycles. The second-order valence-corrected chi connectivity index (χ2v) is 5.34. The Bertz CT molecular complexity index is 593. The summed E-state index contributed by atoms with van der Waals surface area (Å²) in [5, 5.41) is 4.11. The molecule has 0 radical (unpaired) electrons. The second-order valence-electron chi connectivity index (χ2n) is 4.94. The quantitative estimate of drug-likeness (QED) is 0.872. The van der Waals surface area contributed by atoms with Crippen LogP contribution in [-0.4, -0.2) is 6.04 Å². The molecule has 0 spiro atoms. The molecule has 19 heavy (non-hydrogen) atoms. The lowest BCUT2D eigenvalue weighted by molar-refractivity contribution is 0.625. The van der Waals surface area contributed by atoms with E-state index in [-0.39, 0.29) is 5.82 Å². The lowest BCUT2D eigenvalue weighted by Crippen LogP contribution is -2.16. The van der Waals surface area contributed by atoms with Gasteiger partial charge >= 0.3 is 0 Å². The second kappa shape index (κ2) is 5.32. The standard InChI is InChI=1S/C16H15ClFN/c17-16-4-2-1-3-14(16)15-9-12(18)6-5-11(15)10-19-13-7-8-13/h1-6,9,13,19H,7-8,10H2. The normalized spacial score (nSPS) is 14.6. The van der Waals surface area contributed by atoms with E-state index in [4.69, 9.17) is 11.6 Å². The Labute approximate surface area is 117 Å². The zero-order valence-electron chi connectivity index (χ0n) is 10.5. The summed E-state index contributed by atoms with van der Waals surface area (Å²) in [5.41, 5.74) is 2.84. The van der Waals surface area contributed by atoms with Crippen molar-refractivity contribution in [3.8, 4) is 11.1 Å². The Morgan fingerprint density at radius 2 is 1.89 bits per heavy atom. The molecule has 0 unspecified atom stereocenters. The van der Waals surface area contributed by atoms with Gasteiger partial charge in [0.2, 0.25) is 0 Å². The number of rotatable bonds is 4. The van der Waals surface area contributed by atoms with Crippen molar-refractivity contribution < 1.29 is 4.39 Å². The lowest BCUT2D eigenvalue weighted by atomic mass is 9.99. The number of benzene rings is 2. The summed E-state index contributed by atoms with van der Waals surface area (Å²) in [7, 11) is 0. The predicted octanol–water partition coefficient (Wildman–Crippen LogP) is 4.40. The zero-order valence-corrected chi connectivity index (χ0v) is 11.3. The van der Waals surface area contributed by atoms with Crippen LogP contribution in [0.5, 0.6) is 0 Å². The first-order valence-electron chi connectivity index (χ1n) is 6.51. The van der Waals surface area contributed by atoms with Crippen LogP contribution in [0.15, 0.2) is 42.5 Å². The number of hydrogen-bond donors (Lipinski definition) is 1. The SMILES string of the molecule is Fc1ccc(CNC2CC2)c(-c2ccccc2Cl)c1. The van der Waals surface area contributed by atoms with Crippen molar-refractivity contribution in [2.75, 3.05) is 0 Å². The molecule has 1 saturated carbocycles. The maximum absolute atomic E-state index is 13.5. The molecule has 2 aromatic rings. The van der Waals surface area contributed by atoms with Gasteiger partial charge in [-0.3, -0.25) is 0 Å². The van der Waals surface area contributed by atoms with E-state index < -0.39 is 0 Å². The minimum absolute atomic E-state index is 0.231. The summed E-state index contributed by atoms with van der Waals surface area (Å²) >= 11 is 6.22. The minimum atomic E-state index is -0.231. The monoisotopic (exact) mass is 275 g/mol. The first-order valence-corrected chi connectivity index (χ1v) is 6.88. The Kier molecular flexibility index (Phi) is 3.54. The summed E-state index contributed by atoms with van der Waals surface area (Å²) in [4.78, 5) is 0. The highest BCUT2D eigenvalue weighted by molar-refractivity contribution is 6.33. The van der Waals surface area contributed by atoms with Crippen LogP contribution in [-0.2, 0) is 6.54 Å². The van der Waals surface area contributed by atoms with Gasteiger partial charge in [0.15, 0.2) is 0 Å². The average Bonchev–Trinajstić information content (AvgIpc) is 3.22. The van der Waals surface area contributed by atoms with Crippen molar-refractivity contribution in [3.63, 3.8) is 0 Å². The molecule has 0 atom stereocenters. The van der Waals surface area contributed by atoms with Gasteiger partial charge in [-0.2, -0.15) is 0 Å². The van der Waals surface area contributed by atoms with Crippen molar-refractivity contribution in [1.29, 1.82) is 0 Å². The summed E-state index contributed by atoms with van der Waals surface area (Å²) in [6, 6.07) is 13.1. The molecule has 1 aliphatic carbocycles. The van der Waals surface area contributed by atoms with Gasteiger partial charge in [-0.1, -0.05) is 35.9 Å². The third kappa shape index (κ3) is 2.96. The number of nitrogens with one attached hydrogen (secondary N) is 1.